The summed E-state index contributed by atoms with van der Waals surface area (Å²) in [6.07, 6.45) is -0.138. The number of nitro groups is 1. The lowest BCUT2D eigenvalue weighted by molar-refractivity contribution is -0.384. The van der Waals surface area contributed by atoms with E-state index in [1.807, 2.05) is 30.3 Å². The van der Waals surface area contributed by atoms with Crippen molar-refractivity contribution in [2.75, 3.05) is 20.2 Å². The molecule has 136 valence electrons. The predicted octanol–water partition coefficient (Wildman–Crippen LogP) is 2.10. The van der Waals surface area contributed by atoms with Crippen LogP contribution in [0, 0.1) is 10.1 Å². The number of hydrogen-bond donors (Lipinski definition) is 2. The van der Waals surface area contributed by atoms with Gasteiger partial charge in [0.25, 0.3) is 5.69 Å². The zero-order chi connectivity index (χ0) is 18.4. The largest absolute Gasteiger partial charge is 0.486 e. The molecule has 0 spiro atoms. The van der Waals surface area contributed by atoms with Crippen LogP contribution in [-0.4, -0.2) is 37.2 Å². The molecule has 0 bridgehead atoms. The molecule has 1 atom stereocenters. The zero-order valence-electron chi connectivity index (χ0n) is 14.3. The van der Waals surface area contributed by atoms with Crippen molar-refractivity contribution in [3.8, 4) is 11.5 Å². The first-order chi connectivity index (χ1) is 12.7. The molecular formula is C18H20N4O4. The maximum atomic E-state index is 10.8. The Balaban J connectivity index is 1.50. The second-order valence-corrected chi connectivity index (χ2v) is 5.73. The van der Waals surface area contributed by atoms with Crippen LogP contribution in [0.4, 0.5) is 5.69 Å². The number of non-ortho nitro benzene ring substituents is 1. The number of fused-ring (bicyclic) bond motifs is 1. The summed E-state index contributed by atoms with van der Waals surface area (Å²) in [5.74, 6) is 2.06. The van der Waals surface area contributed by atoms with E-state index in [0.29, 0.717) is 25.7 Å². The van der Waals surface area contributed by atoms with Crippen LogP contribution in [0.25, 0.3) is 0 Å². The lowest BCUT2D eigenvalue weighted by Crippen LogP contribution is -2.45. The molecule has 0 radical (unpaired) electrons. The lowest BCUT2D eigenvalue weighted by atomic mass is 10.2. The molecule has 1 aliphatic rings. The average Bonchev–Trinajstić information content (AvgIpc) is 2.68. The van der Waals surface area contributed by atoms with E-state index in [1.54, 1.807) is 13.1 Å². The van der Waals surface area contributed by atoms with Gasteiger partial charge in [-0.1, -0.05) is 24.3 Å². The minimum absolute atomic E-state index is 0.0682. The van der Waals surface area contributed by atoms with Crippen LogP contribution in [0.3, 0.4) is 0 Å². The van der Waals surface area contributed by atoms with E-state index in [2.05, 4.69) is 15.6 Å². The standard InChI is InChI=1S/C18H20N4O4/c1-19-18(20-10-13-5-4-6-14(9-13)22(23)24)21-11-15-12-25-16-7-2-3-8-17(16)26-15/h2-9,15H,10-12H2,1H3,(H2,19,20,21). The Labute approximate surface area is 151 Å². The van der Waals surface area contributed by atoms with E-state index in [4.69, 9.17) is 9.47 Å². The summed E-state index contributed by atoms with van der Waals surface area (Å²) in [5.41, 5.74) is 0.868. The van der Waals surface area contributed by atoms with Crippen LogP contribution in [-0.2, 0) is 6.54 Å². The third-order valence-corrected chi connectivity index (χ3v) is 3.87. The Kier molecular flexibility index (Phi) is 5.52. The Hall–Kier alpha value is -3.29. The summed E-state index contributed by atoms with van der Waals surface area (Å²) < 4.78 is 11.6. The topological polar surface area (TPSA) is 98.0 Å². The minimum atomic E-state index is -0.408. The maximum Gasteiger partial charge on any atom is 0.269 e. The highest BCUT2D eigenvalue weighted by atomic mass is 16.6. The number of ether oxygens (including phenoxy) is 2. The molecule has 8 heteroatoms. The quantitative estimate of drug-likeness (QED) is 0.368. The van der Waals surface area contributed by atoms with E-state index < -0.39 is 4.92 Å². The number of hydrogen-bond acceptors (Lipinski definition) is 5. The van der Waals surface area contributed by atoms with Crippen molar-refractivity contribution in [1.29, 1.82) is 0 Å². The fourth-order valence-corrected chi connectivity index (χ4v) is 2.56. The van der Waals surface area contributed by atoms with Gasteiger partial charge in [-0.3, -0.25) is 15.1 Å². The summed E-state index contributed by atoms with van der Waals surface area (Å²) in [7, 11) is 1.66. The first-order valence-corrected chi connectivity index (χ1v) is 8.22. The smallest absolute Gasteiger partial charge is 0.269 e. The number of guanidine groups is 1. The van der Waals surface area contributed by atoms with Crippen molar-refractivity contribution in [2.24, 2.45) is 4.99 Å². The van der Waals surface area contributed by atoms with Gasteiger partial charge in [-0.15, -0.1) is 0 Å². The summed E-state index contributed by atoms with van der Waals surface area (Å²) >= 11 is 0. The molecule has 1 unspecified atom stereocenters. The fraction of sp³-hybridized carbons (Fsp3) is 0.278. The predicted molar refractivity (Wildman–Crippen MR) is 97.7 cm³/mol. The van der Waals surface area contributed by atoms with Crippen molar-refractivity contribution in [1.82, 2.24) is 10.6 Å². The second-order valence-electron chi connectivity index (χ2n) is 5.73. The van der Waals surface area contributed by atoms with Gasteiger partial charge in [-0.25, -0.2) is 0 Å². The molecule has 0 saturated carbocycles. The highest BCUT2D eigenvalue weighted by Gasteiger charge is 2.20. The molecule has 8 nitrogen and oxygen atoms in total. The lowest BCUT2D eigenvalue weighted by Gasteiger charge is -2.27. The van der Waals surface area contributed by atoms with Gasteiger partial charge in [0.1, 0.15) is 12.7 Å². The molecule has 0 fully saturated rings. The molecule has 0 aromatic heterocycles. The summed E-state index contributed by atoms with van der Waals surface area (Å²) in [6, 6.07) is 14.0. The molecule has 0 amide bonds. The number of nitrogens with one attached hydrogen (secondary N) is 2. The zero-order valence-corrected chi connectivity index (χ0v) is 14.3. The number of nitro benzene ring substituents is 1. The Morgan fingerprint density at radius 1 is 1.23 bits per heavy atom. The van der Waals surface area contributed by atoms with Crippen LogP contribution >= 0.6 is 0 Å². The number of aliphatic imine (C=N–C) groups is 1. The first kappa shape index (κ1) is 17.5. The van der Waals surface area contributed by atoms with Gasteiger partial charge in [0.15, 0.2) is 17.5 Å². The minimum Gasteiger partial charge on any atom is -0.486 e. The molecule has 2 aromatic rings. The number of rotatable bonds is 5. The van der Waals surface area contributed by atoms with E-state index in [0.717, 1.165) is 17.1 Å². The van der Waals surface area contributed by atoms with Gasteiger partial charge in [0.2, 0.25) is 0 Å². The Morgan fingerprint density at radius 2 is 2.04 bits per heavy atom. The van der Waals surface area contributed by atoms with E-state index >= 15 is 0 Å². The molecule has 1 heterocycles. The molecule has 26 heavy (non-hydrogen) atoms. The second kappa shape index (κ2) is 8.19. The first-order valence-electron chi connectivity index (χ1n) is 8.22. The molecule has 3 rings (SSSR count). The number of para-hydroxylation sites is 2. The van der Waals surface area contributed by atoms with Crippen molar-refractivity contribution >= 4 is 11.6 Å². The molecular weight excluding hydrogens is 336 g/mol. The SMILES string of the molecule is CN=C(NCc1cccc([N+](=O)[O-])c1)NCC1COc2ccccc2O1. The van der Waals surface area contributed by atoms with Crippen LogP contribution in [0.1, 0.15) is 5.56 Å². The van der Waals surface area contributed by atoms with Gasteiger partial charge in [-0.2, -0.15) is 0 Å². The fourth-order valence-electron chi connectivity index (χ4n) is 2.56. The summed E-state index contributed by atoms with van der Waals surface area (Å²) in [6.45, 7) is 1.39. The van der Waals surface area contributed by atoms with Gasteiger partial charge >= 0.3 is 0 Å². The van der Waals surface area contributed by atoms with Crippen molar-refractivity contribution < 1.29 is 14.4 Å². The van der Waals surface area contributed by atoms with E-state index in [-0.39, 0.29) is 11.8 Å². The third kappa shape index (κ3) is 4.41. The molecule has 2 N–H and O–H groups in total. The molecule has 2 aromatic carbocycles. The maximum absolute atomic E-state index is 10.8. The highest BCUT2D eigenvalue weighted by molar-refractivity contribution is 5.79. The molecule has 0 saturated heterocycles. The van der Waals surface area contributed by atoms with Gasteiger partial charge in [-0.05, 0) is 17.7 Å². The number of benzene rings is 2. The third-order valence-electron chi connectivity index (χ3n) is 3.87. The monoisotopic (exact) mass is 356 g/mol. The van der Waals surface area contributed by atoms with Crippen molar-refractivity contribution in [3.05, 3.63) is 64.2 Å². The van der Waals surface area contributed by atoms with E-state index in [1.165, 1.54) is 12.1 Å². The summed E-state index contributed by atoms with van der Waals surface area (Å²) in [5, 5.41) is 17.1. The van der Waals surface area contributed by atoms with E-state index in [9.17, 15) is 10.1 Å². The molecule has 0 aliphatic carbocycles. The van der Waals surface area contributed by atoms with Gasteiger partial charge in [0, 0.05) is 25.7 Å². The van der Waals surface area contributed by atoms with Crippen LogP contribution in [0.15, 0.2) is 53.5 Å². The van der Waals surface area contributed by atoms with Gasteiger partial charge in [0.05, 0.1) is 11.5 Å². The molecule has 1 aliphatic heterocycles. The van der Waals surface area contributed by atoms with Crippen LogP contribution < -0.4 is 20.1 Å². The average molecular weight is 356 g/mol. The Morgan fingerprint density at radius 3 is 2.81 bits per heavy atom. The van der Waals surface area contributed by atoms with Gasteiger partial charge < -0.3 is 20.1 Å². The van der Waals surface area contributed by atoms with Crippen molar-refractivity contribution in [3.63, 3.8) is 0 Å². The highest BCUT2D eigenvalue weighted by Crippen LogP contribution is 2.30. The van der Waals surface area contributed by atoms with Crippen LogP contribution in [0.5, 0.6) is 11.5 Å². The number of nitrogens with zero attached hydrogens (tertiary/aromatic N) is 2. The van der Waals surface area contributed by atoms with Crippen LogP contribution in [0.2, 0.25) is 0 Å². The normalized spacial score (nSPS) is 16.0. The van der Waals surface area contributed by atoms with Crippen molar-refractivity contribution in [2.45, 2.75) is 12.6 Å². The Bertz CT molecular complexity index is 809. The summed E-state index contributed by atoms with van der Waals surface area (Å²) in [4.78, 5) is 14.6.